The molecule has 2 aromatic carbocycles. The molecule has 1 unspecified atom stereocenters. The minimum Gasteiger partial charge on any atom is -0.480 e. The highest BCUT2D eigenvalue weighted by atomic mass is 32.2. The van der Waals surface area contributed by atoms with Crippen LogP contribution in [-0.4, -0.2) is 204 Å². The molecule has 1 aliphatic rings. The summed E-state index contributed by atoms with van der Waals surface area (Å²) in [6.45, 7) is 12.0. The molecule has 0 radical (unpaired) electrons. The van der Waals surface area contributed by atoms with Crippen molar-refractivity contribution in [2.75, 3.05) is 131 Å². The van der Waals surface area contributed by atoms with Gasteiger partial charge in [-0.3, -0.25) is 43.6 Å². The molecule has 1 fully saturated rings. The molecule has 2 amide bonds. The topological polar surface area (TPSA) is 281 Å². The minimum atomic E-state index is -4.34. The number of methoxy groups -OCH3 is 1. The number of sulfonamides is 1. The summed E-state index contributed by atoms with van der Waals surface area (Å²) in [4.78, 5) is 102. The number of carbonyl (C=O) groups excluding carboxylic acids is 3. The molecule has 5 rings (SSSR count). The fraction of sp³-hybridized carbons (Fsp3) is 0.542. The Morgan fingerprint density at radius 1 is 0.808 bits per heavy atom. The number of carboxylic acids is 1. The van der Waals surface area contributed by atoms with Crippen molar-refractivity contribution in [1.29, 1.82) is 0 Å². The number of aryl methyl sites for hydroxylation is 4. The van der Waals surface area contributed by atoms with Crippen molar-refractivity contribution in [2.45, 2.75) is 51.2 Å². The number of aromatic nitrogens is 3. The van der Waals surface area contributed by atoms with E-state index in [1.807, 2.05) is 22.8 Å². The van der Waals surface area contributed by atoms with Gasteiger partial charge in [-0.15, -0.1) is 0 Å². The predicted molar refractivity (Wildman–Crippen MR) is 270 cm³/mol. The zero-order valence-corrected chi connectivity index (χ0v) is 43.4. The monoisotopic (exact) mass is 1040 g/mol. The quantitative estimate of drug-likeness (QED) is 0.0216. The number of nitrogens with zero attached hydrogens (tertiary/aromatic N) is 6. The lowest BCUT2D eigenvalue weighted by atomic mass is 10.1. The van der Waals surface area contributed by atoms with E-state index in [9.17, 15) is 37.5 Å². The number of imidazole rings is 1. The first-order chi connectivity index (χ1) is 35.0. The number of amides is 2. The highest BCUT2D eigenvalue weighted by molar-refractivity contribution is 7.89. The van der Waals surface area contributed by atoms with E-state index in [1.54, 1.807) is 55.1 Å². The maximum absolute atomic E-state index is 14.0. The zero-order valence-electron chi connectivity index (χ0n) is 42.6. The Morgan fingerprint density at radius 3 is 1.97 bits per heavy atom. The first-order valence-corrected chi connectivity index (χ1v) is 25.5. The van der Waals surface area contributed by atoms with Gasteiger partial charge in [0.15, 0.2) is 5.95 Å². The molecule has 24 nitrogen and oxygen atoms in total. The van der Waals surface area contributed by atoms with Crippen LogP contribution in [0.4, 0.5) is 5.95 Å². The molecule has 73 heavy (non-hydrogen) atoms. The summed E-state index contributed by atoms with van der Waals surface area (Å²) in [5, 5.41) is 18.9. The molecule has 0 bridgehead atoms. The van der Waals surface area contributed by atoms with Crippen molar-refractivity contribution < 1.29 is 57.0 Å². The lowest BCUT2D eigenvalue weighted by Gasteiger charge is -2.33. The lowest BCUT2D eigenvalue weighted by molar-refractivity contribution is -0.274. The molecule has 1 saturated heterocycles. The standard InChI is InChI=1S/C48H71N11O13S/c1-34-26-35(2)45(36(3)27-34)73(66,67)54-40(47(64)65)30-52-46(63)39-31-59(41-28-37(8-9-38(41)44(39)62)29-53-48-50-11-12-51-48)13-7-10-49-42(60)32-57-18-16-55(22-24-71-69-5)14-15-56(23-25-72-70-6)17-19-58(21-20-57)33-43(61)68-4/h8-9,11-12,26-28,31,40,54H,7,10,13-25,29-30,32-33H2,1-6H3,(H,49,60)(H,52,63)(H,64,65)(H2,50,51,53). The van der Waals surface area contributed by atoms with E-state index in [1.165, 1.54) is 27.5 Å². The number of benzene rings is 2. The molecule has 402 valence electrons. The fourth-order valence-corrected chi connectivity index (χ4v) is 10.2. The molecule has 1 atom stereocenters. The molecule has 4 aromatic rings. The van der Waals surface area contributed by atoms with E-state index in [0.717, 1.165) is 11.1 Å². The molecular weight excluding hydrogens is 971 g/mol. The van der Waals surface area contributed by atoms with Crippen LogP contribution >= 0.6 is 0 Å². The second-order valence-electron chi connectivity index (χ2n) is 17.7. The van der Waals surface area contributed by atoms with Crippen LogP contribution in [0.2, 0.25) is 0 Å². The summed E-state index contributed by atoms with van der Waals surface area (Å²) in [5.74, 6) is -2.48. The first-order valence-electron chi connectivity index (χ1n) is 24.1. The normalized spacial score (nSPS) is 15.3. The van der Waals surface area contributed by atoms with Crippen molar-refractivity contribution in [1.82, 2.24) is 49.5 Å². The Morgan fingerprint density at radius 2 is 1.41 bits per heavy atom. The van der Waals surface area contributed by atoms with E-state index in [4.69, 9.17) is 24.3 Å². The Kier molecular flexibility index (Phi) is 23.2. The van der Waals surface area contributed by atoms with Crippen LogP contribution < -0.4 is 26.1 Å². The van der Waals surface area contributed by atoms with Gasteiger partial charge in [-0.05, 0) is 56.0 Å². The Balaban J connectivity index is 1.30. The third-order valence-corrected chi connectivity index (χ3v) is 14.1. The van der Waals surface area contributed by atoms with Gasteiger partial charge in [0.1, 0.15) is 11.6 Å². The van der Waals surface area contributed by atoms with Crippen molar-refractivity contribution in [3.05, 3.63) is 87.0 Å². The molecule has 1 aliphatic heterocycles. The molecule has 2 aromatic heterocycles. The van der Waals surface area contributed by atoms with Crippen molar-refractivity contribution in [3.8, 4) is 0 Å². The van der Waals surface area contributed by atoms with Gasteiger partial charge in [0.25, 0.3) is 5.91 Å². The molecule has 25 heteroatoms. The molecule has 0 spiro atoms. The van der Waals surface area contributed by atoms with E-state index in [2.05, 4.69) is 40.4 Å². The van der Waals surface area contributed by atoms with Crippen LogP contribution in [0.25, 0.3) is 10.9 Å². The molecular formula is C48H71N11O13S. The van der Waals surface area contributed by atoms with Gasteiger partial charge < -0.3 is 35.3 Å². The number of hydrogen-bond acceptors (Lipinski definition) is 18. The van der Waals surface area contributed by atoms with Crippen molar-refractivity contribution >= 4 is 50.6 Å². The highest BCUT2D eigenvalue weighted by Gasteiger charge is 2.29. The number of hydrogen-bond donors (Lipinski definition) is 6. The Labute approximate surface area is 425 Å². The number of nitrogens with one attached hydrogen (secondary N) is 5. The average molecular weight is 1040 g/mol. The average Bonchev–Trinajstić information content (AvgIpc) is 3.88. The van der Waals surface area contributed by atoms with Gasteiger partial charge in [-0.1, -0.05) is 23.8 Å². The Bertz CT molecular complexity index is 2590. The number of ether oxygens (including phenoxy) is 1. The minimum absolute atomic E-state index is 0.0594. The van der Waals surface area contributed by atoms with Gasteiger partial charge in [-0.25, -0.2) is 33.0 Å². The number of carboxylic acid groups (broad SMARTS) is 1. The number of pyridine rings is 1. The fourth-order valence-electron chi connectivity index (χ4n) is 8.57. The Hall–Kier alpha value is -5.87. The lowest BCUT2D eigenvalue weighted by Crippen LogP contribution is -2.49. The van der Waals surface area contributed by atoms with E-state index < -0.39 is 39.9 Å². The molecule has 6 N–H and O–H groups in total. The number of rotatable bonds is 26. The van der Waals surface area contributed by atoms with Crippen LogP contribution in [0, 0.1) is 20.8 Å². The number of aromatic amines is 1. The van der Waals surface area contributed by atoms with E-state index in [0.29, 0.717) is 114 Å². The van der Waals surface area contributed by atoms with Crippen LogP contribution in [0.15, 0.2) is 58.6 Å². The first kappa shape index (κ1) is 58.0. The van der Waals surface area contributed by atoms with Crippen LogP contribution in [0.1, 0.15) is 39.0 Å². The number of esters is 1. The summed E-state index contributed by atoms with van der Waals surface area (Å²) in [6, 6.07) is 6.75. The molecule has 3 heterocycles. The largest absolute Gasteiger partial charge is 0.480 e. The predicted octanol–water partition coefficient (Wildman–Crippen LogP) is 0.480. The van der Waals surface area contributed by atoms with Crippen molar-refractivity contribution in [3.63, 3.8) is 0 Å². The number of carbonyl (C=O) groups is 4. The van der Waals surface area contributed by atoms with Crippen LogP contribution in [-0.2, 0) is 61.8 Å². The third kappa shape index (κ3) is 18.2. The third-order valence-electron chi connectivity index (χ3n) is 12.3. The summed E-state index contributed by atoms with van der Waals surface area (Å²) in [6.07, 6.45) is 5.05. The summed E-state index contributed by atoms with van der Waals surface area (Å²) in [5.41, 5.74) is 2.10. The molecule has 0 aliphatic carbocycles. The number of anilines is 1. The zero-order chi connectivity index (χ0) is 52.9. The second kappa shape index (κ2) is 29.1. The summed E-state index contributed by atoms with van der Waals surface area (Å²) >= 11 is 0. The van der Waals surface area contributed by atoms with Gasteiger partial charge in [0.05, 0.1) is 58.0 Å². The van der Waals surface area contributed by atoms with Crippen LogP contribution in [0.3, 0.4) is 0 Å². The van der Waals surface area contributed by atoms with E-state index >= 15 is 0 Å². The summed E-state index contributed by atoms with van der Waals surface area (Å²) < 4.78 is 35.9. The maximum atomic E-state index is 14.0. The summed E-state index contributed by atoms with van der Waals surface area (Å²) in [7, 11) is -0.0674. The van der Waals surface area contributed by atoms with Gasteiger partial charge in [0.2, 0.25) is 21.4 Å². The smallest absolute Gasteiger partial charge is 0.323 e. The maximum Gasteiger partial charge on any atom is 0.323 e. The SMILES string of the molecule is COOCCN1CCN(CCOOC)CCN(CC(=O)OC)CCN(CC(=O)NCCCn2cc(C(=O)NCC(NS(=O)(=O)c3c(C)cc(C)cc3C)C(=O)O)c(=O)c3ccc(CNc4ncc[nH]4)cc32)CC1. The highest BCUT2D eigenvalue weighted by Crippen LogP contribution is 2.22. The van der Waals surface area contributed by atoms with Gasteiger partial charge in [0, 0.05) is 116 Å². The van der Waals surface area contributed by atoms with Crippen molar-refractivity contribution in [2.24, 2.45) is 0 Å². The second-order valence-corrected chi connectivity index (χ2v) is 19.3. The van der Waals surface area contributed by atoms with Gasteiger partial charge >= 0.3 is 11.9 Å². The van der Waals surface area contributed by atoms with Gasteiger partial charge in [-0.2, -0.15) is 4.72 Å². The van der Waals surface area contributed by atoms with E-state index in [-0.39, 0.29) is 53.9 Å². The number of H-pyrrole nitrogens is 1. The molecule has 0 saturated carbocycles. The van der Waals surface area contributed by atoms with Crippen LogP contribution in [0.5, 0.6) is 0 Å². The number of fused-ring (bicyclic) bond motifs is 1. The number of aliphatic carboxylic acids is 1.